The van der Waals surface area contributed by atoms with Gasteiger partial charge in [-0.15, -0.1) is 0 Å². The summed E-state index contributed by atoms with van der Waals surface area (Å²) in [7, 11) is 0. The van der Waals surface area contributed by atoms with Gasteiger partial charge in [-0.3, -0.25) is 4.79 Å². The van der Waals surface area contributed by atoms with Crippen LogP contribution in [-0.2, 0) is 4.79 Å². The number of carboxylic acid groups (broad SMARTS) is 1. The maximum atomic E-state index is 11.9. The number of hydrogen-bond acceptors (Lipinski definition) is 3. The number of unbranched alkanes of at least 4 members (excludes halogenated alkanes) is 2. The van der Waals surface area contributed by atoms with Crippen LogP contribution in [0.25, 0.3) is 0 Å². The lowest BCUT2D eigenvalue weighted by Gasteiger charge is -2.21. The Kier molecular flexibility index (Phi) is 7.70. The molecular weight excluding hydrogens is 264 g/mol. The van der Waals surface area contributed by atoms with E-state index in [1.165, 1.54) is 4.90 Å². The van der Waals surface area contributed by atoms with Gasteiger partial charge in [-0.05, 0) is 43.6 Å². The molecule has 0 spiro atoms. The molecular formula is C13H24N2O3S. The summed E-state index contributed by atoms with van der Waals surface area (Å²) < 4.78 is 0. The Morgan fingerprint density at radius 1 is 1.32 bits per heavy atom. The quantitative estimate of drug-likeness (QED) is 0.603. The third-order valence-corrected chi connectivity index (χ3v) is 3.79. The summed E-state index contributed by atoms with van der Waals surface area (Å²) in [5.74, 6) is 0.711. The molecule has 0 bridgehead atoms. The average Bonchev–Trinajstić information content (AvgIpc) is 3.16. The number of hydrogen-bond donors (Lipinski definition) is 2. The minimum Gasteiger partial charge on any atom is -0.480 e. The molecule has 2 N–H and O–H groups in total. The summed E-state index contributed by atoms with van der Waals surface area (Å²) in [4.78, 5) is 24.0. The topological polar surface area (TPSA) is 69.6 Å². The normalized spacial score (nSPS) is 14.2. The van der Waals surface area contributed by atoms with Crippen molar-refractivity contribution in [2.75, 3.05) is 31.6 Å². The highest BCUT2D eigenvalue weighted by molar-refractivity contribution is 7.98. The summed E-state index contributed by atoms with van der Waals surface area (Å²) in [6.45, 7) is 1.01. The predicted octanol–water partition coefficient (Wildman–Crippen LogP) is 2.03. The number of carbonyl (C=O) groups excluding carboxylic acids is 1. The molecule has 0 atom stereocenters. The van der Waals surface area contributed by atoms with Crippen molar-refractivity contribution in [3.05, 3.63) is 0 Å². The maximum absolute atomic E-state index is 11.9. The van der Waals surface area contributed by atoms with Crippen LogP contribution in [0.2, 0.25) is 0 Å². The Labute approximate surface area is 119 Å². The molecule has 1 aliphatic rings. The fourth-order valence-corrected chi connectivity index (χ4v) is 2.34. The molecule has 6 heteroatoms. The van der Waals surface area contributed by atoms with Crippen molar-refractivity contribution in [1.29, 1.82) is 0 Å². The van der Waals surface area contributed by atoms with Crippen molar-refractivity contribution in [2.24, 2.45) is 5.92 Å². The van der Waals surface area contributed by atoms with Crippen LogP contribution in [0.5, 0.6) is 0 Å². The number of nitrogens with zero attached hydrogens (tertiary/aromatic N) is 1. The highest BCUT2D eigenvalue weighted by atomic mass is 32.2. The van der Waals surface area contributed by atoms with E-state index in [-0.39, 0.29) is 12.6 Å². The first-order valence-corrected chi connectivity index (χ1v) is 8.26. The molecule has 19 heavy (non-hydrogen) atoms. The monoisotopic (exact) mass is 288 g/mol. The van der Waals surface area contributed by atoms with Gasteiger partial charge in [-0.25, -0.2) is 4.79 Å². The zero-order valence-electron chi connectivity index (χ0n) is 11.6. The van der Waals surface area contributed by atoms with Gasteiger partial charge in [0.2, 0.25) is 0 Å². The van der Waals surface area contributed by atoms with E-state index in [9.17, 15) is 9.59 Å². The maximum Gasteiger partial charge on any atom is 0.323 e. The lowest BCUT2D eigenvalue weighted by molar-refractivity contribution is -0.137. The van der Waals surface area contributed by atoms with Crippen molar-refractivity contribution in [1.82, 2.24) is 10.2 Å². The van der Waals surface area contributed by atoms with Gasteiger partial charge in [-0.2, -0.15) is 11.8 Å². The molecule has 0 aromatic heterocycles. The summed E-state index contributed by atoms with van der Waals surface area (Å²) in [5, 5.41) is 11.6. The Morgan fingerprint density at radius 2 is 2.05 bits per heavy atom. The van der Waals surface area contributed by atoms with Crippen molar-refractivity contribution < 1.29 is 14.7 Å². The van der Waals surface area contributed by atoms with E-state index in [4.69, 9.17) is 5.11 Å². The van der Waals surface area contributed by atoms with Gasteiger partial charge in [0.1, 0.15) is 6.54 Å². The second-order valence-electron chi connectivity index (χ2n) is 5.00. The number of thioether (sulfide) groups is 1. The highest BCUT2D eigenvalue weighted by Gasteiger charge is 2.27. The third-order valence-electron chi connectivity index (χ3n) is 3.09. The summed E-state index contributed by atoms with van der Waals surface area (Å²) in [6, 6.07) is -0.237. The zero-order valence-corrected chi connectivity index (χ0v) is 12.4. The summed E-state index contributed by atoms with van der Waals surface area (Å²) in [5.41, 5.74) is 0. The molecule has 5 nitrogen and oxygen atoms in total. The molecule has 0 heterocycles. The van der Waals surface area contributed by atoms with Crippen LogP contribution in [0, 0.1) is 5.92 Å². The molecule has 0 unspecified atom stereocenters. The molecule has 0 aromatic rings. The van der Waals surface area contributed by atoms with Gasteiger partial charge < -0.3 is 15.3 Å². The molecule has 0 saturated heterocycles. The van der Waals surface area contributed by atoms with E-state index >= 15 is 0 Å². The van der Waals surface area contributed by atoms with E-state index in [1.54, 1.807) is 0 Å². The fourth-order valence-electron chi connectivity index (χ4n) is 1.85. The molecule has 110 valence electrons. The average molecular weight is 288 g/mol. The van der Waals surface area contributed by atoms with Crippen LogP contribution in [0.3, 0.4) is 0 Å². The van der Waals surface area contributed by atoms with Crippen LogP contribution < -0.4 is 5.32 Å². The zero-order chi connectivity index (χ0) is 14.1. The number of rotatable bonds is 10. The van der Waals surface area contributed by atoms with Gasteiger partial charge >= 0.3 is 12.0 Å². The smallest absolute Gasteiger partial charge is 0.323 e. The summed E-state index contributed by atoms with van der Waals surface area (Å²) >= 11 is 1.83. The predicted molar refractivity (Wildman–Crippen MR) is 77.6 cm³/mol. The molecule has 1 aliphatic carbocycles. The lowest BCUT2D eigenvalue weighted by Crippen LogP contribution is -2.44. The molecule has 1 fully saturated rings. The first-order chi connectivity index (χ1) is 9.13. The van der Waals surface area contributed by atoms with Crippen LogP contribution >= 0.6 is 11.8 Å². The second-order valence-corrected chi connectivity index (χ2v) is 5.99. The van der Waals surface area contributed by atoms with Gasteiger partial charge in [0.05, 0.1) is 0 Å². The van der Waals surface area contributed by atoms with Gasteiger partial charge in [0.25, 0.3) is 0 Å². The number of urea groups is 1. The minimum absolute atomic E-state index is 0.200. The fraction of sp³-hybridized carbons (Fsp3) is 0.846. The molecule has 1 rings (SSSR count). The SMILES string of the molecule is CSCCCCCNC(=O)N(CC(=O)O)CC1CC1. The van der Waals surface area contributed by atoms with E-state index < -0.39 is 5.97 Å². The Morgan fingerprint density at radius 3 is 2.63 bits per heavy atom. The van der Waals surface area contributed by atoms with Gasteiger partial charge in [0.15, 0.2) is 0 Å². The minimum atomic E-state index is -0.948. The first kappa shape index (κ1) is 16.1. The van der Waals surface area contributed by atoms with Crippen LogP contribution in [0.1, 0.15) is 32.1 Å². The molecule has 0 aliphatic heterocycles. The number of carbonyl (C=O) groups is 2. The highest BCUT2D eigenvalue weighted by Crippen LogP contribution is 2.29. The summed E-state index contributed by atoms with van der Waals surface area (Å²) in [6.07, 6.45) is 7.52. The van der Waals surface area contributed by atoms with Crippen molar-refractivity contribution >= 4 is 23.8 Å². The number of nitrogens with one attached hydrogen (secondary N) is 1. The Bertz CT molecular complexity index is 296. The van der Waals surface area contributed by atoms with Crippen molar-refractivity contribution in [2.45, 2.75) is 32.1 Å². The standard InChI is InChI=1S/C13H24N2O3S/c1-19-8-4-2-3-7-14-13(18)15(10-12(16)17)9-11-5-6-11/h11H,2-10H2,1H3,(H,14,18)(H,16,17). The second kappa shape index (κ2) is 9.07. The molecule has 2 amide bonds. The van der Waals surface area contributed by atoms with Crippen LogP contribution in [0.4, 0.5) is 4.79 Å². The van der Waals surface area contributed by atoms with Crippen LogP contribution in [0.15, 0.2) is 0 Å². The molecule has 0 radical (unpaired) electrons. The van der Waals surface area contributed by atoms with Gasteiger partial charge in [0, 0.05) is 13.1 Å². The van der Waals surface area contributed by atoms with E-state index in [0.29, 0.717) is 19.0 Å². The van der Waals surface area contributed by atoms with Crippen LogP contribution in [-0.4, -0.2) is 53.6 Å². The molecule has 1 saturated carbocycles. The Balaban J connectivity index is 2.17. The lowest BCUT2D eigenvalue weighted by atomic mass is 10.2. The van der Waals surface area contributed by atoms with Crippen molar-refractivity contribution in [3.63, 3.8) is 0 Å². The van der Waals surface area contributed by atoms with E-state index in [1.807, 2.05) is 11.8 Å². The number of carboxylic acids is 1. The molecule has 0 aromatic carbocycles. The van der Waals surface area contributed by atoms with Gasteiger partial charge in [-0.1, -0.05) is 6.42 Å². The first-order valence-electron chi connectivity index (χ1n) is 6.87. The number of amides is 2. The Hall–Kier alpha value is -0.910. The van der Waals surface area contributed by atoms with E-state index in [2.05, 4.69) is 11.6 Å². The third kappa shape index (κ3) is 7.97. The largest absolute Gasteiger partial charge is 0.480 e. The number of aliphatic carboxylic acids is 1. The van der Waals surface area contributed by atoms with Crippen molar-refractivity contribution in [3.8, 4) is 0 Å². The van der Waals surface area contributed by atoms with E-state index in [0.717, 1.165) is 37.9 Å².